The van der Waals surface area contributed by atoms with Crippen LogP contribution in [0.3, 0.4) is 0 Å². The average Bonchev–Trinajstić information content (AvgIpc) is 3.41. The van der Waals surface area contributed by atoms with Gasteiger partial charge in [0, 0.05) is 59.5 Å². The van der Waals surface area contributed by atoms with Gasteiger partial charge in [-0.3, -0.25) is 19.3 Å². The van der Waals surface area contributed by atoms with E-state index in [9.17, 15) is 19.5 Å². The number of amides is 3. The van der Waals surface area contributed by atoms with E-state index in [1.54, 1.807) is 33.9 Å². The van der Waals surface area contributed by atoms with E-state index in [0.717, 1.165) is 13.1 Å². The fraction of sp³-hybridized carbons (Fsp3) is 0.750. The van der Waals surface area contributed by atoms with Gasteiger partial charge in [-0.25, -0.2) is 0 Å². The van der Waals surface area contributed by atoms with E-state index in [4.69, 9.17) is 9.47 Å². The molecular formula is C28H44N4O6. The third-order valence-corrected chi connectivity index (χ3v) is 9.10. The minimum absolute atomic E-state index is 0.0214. The molecule has 1 N–H and O–H groups in total. The Morgan fingerprint density at radius 3 is 2.47 bits per heavy atom. The summed E-state index contributed by atoms with van der Waals surface area (Å²) in [6, 6.07) is -0.858. The first-order valence-electron chi connectivity index (χ1n) is 13.8. The minimum atomic E-state index is -1.09. The zero-order chi connectivity index (χ0) is 27.7. The number of fused-ring (bicyclic) bond motifs is 1. The van der Waals surface area contributed by atoms with Crippen molar-refractivity contribution in [1.82, 2.24) is 19.6 Å². The molecule has 4 rings (SSSR count). The van der Waals surface area contributed by atoms with Crippen LogP contribution in [0.4, 0.5) is 0 Å². The Kier molecular flexibility index (Phi) is 8.66. The summed E-state index contributed by atoms with van der Waals surface area (Å²) in [6.07, 6.45) is 4.22. The van der Waals surface area contributed by atoms with Gasteiger partial charge in [-0.15, -0.1) is 13.2 Å². The molecule has 10 heteroatoms. The SMILES string of the molecule is C=CCN(C)C(=O)[C@@H]1[C@H]2C(=O)N(CCCO)C(C(=O)N(CC=C)CCN3CCOCC3)C23CC(C)[C@@]1(C)O3. The van der Waals surface area contributed by atoms with Gasteiger partial charge < -0.3 is 29.3 Å². The summed E-state index contributed by atoms with van der Waals surface area (Å²) in [5.41, 5.74) is -1.95. The molecule has 212 valence electrons. The largest absolute Gasteiger partial charge is 0.396 e. The molecule has 4 heterocycles. The second-order valence-corrected chi connectivity index (χ2v) is 11.3. The lowest BCUT2D eigenvalue weighted by Gasteiger charge is -2.38. The number of aliphatic hydroxyl groups excluding tert-OH is 1. The molecule has 0 aliphatic carbocycles. The highest BCUT2D eigenvalue weighted by Crippen LogP contribution is 2.65. The molecule has 4 aliphatic rings. The molecule has 0 saturated carbocycles. The summed E-state index contributed by atoms with van der Waals surface area (Å²) in [4.78, 5) is 49.4. The van der Waals surface area contributed by atoms with Gasteiger partial charge in [0.1, 0.15) is 11.6 Å². The van der Waals surface area contributed by atoms with Crippen LogP contribution in [0.2, 0.25) is 0 Å². The molecule has 3 amide bonds. The molecule has 38 heavy (non-hydrogen) atoms. The maximum atomic E-state index is 14.4. The van der Waals surface area contributed by atoms with Crippen LogP contribution in [0.25, 0.3) is 0 Å². The van der Waals surface area contributed by atoms with E-state index in [1.165, 1.54) is 0 Å². The molecule has 0 aromatic rings. The second kappa shape index (κ2) is 11.5. The number of hydrogen-bond acceptors (Lipinski definition) is 7. The van der Waals surface area contributed by atoms with E-state index < -0.39 is 29.1 Å². The maximum Gasteiger partial charge on any atom is 0.248 e. The molecule has 3 unspecified atom stereocenters. The van der Waals surface area contributed by atoms with E-state index in [0.29, 0.717) is 52.2 Å². The zero-order valence-corrected chi connectivity index (χ0v) is 23.1. The maximum absolute atomic E-state index is 14.4. The van der Waals surface area contributed by atoms with Crippen molar-refractivity contribution in [2.75, 3.05) is 72.7 Å². The summed E-state index contributed by atoms with van der Waals surface area (Å²) < 4.78 is 12.2. The molecule has 2 bridgehead atoms. The predicted octanol–water partition coefficient (Wildman–Crippen LogP) is 0.371. The fourth-order valence-corrected chi connectivity index (χ4v) is 7.10. The van der Waals surface area contributed by atoms with Crippen molar-refractivity contribution in [3.63, 3.8) is 0 Å². The third-order valence-electron chi connectivity index (χ3n) is 9.10. The predicted molar refractivity (Wildman–Crippen MR) is 142 cm³/mol. The summed E-state index contributed by atoms with van der Waals surface area (Å²) in [5, 5.41) is 9.58. The van der Waals surface area contributed by atoms with Gasteiger partial charge in [0.15, 0.2) is 0 Å². The zero-order valence-electron chi connectivity index (χ0n) is 23.1. The Morgan fingerprint density at radius 1 is 1.16 bits per heavy atom. The molecule has 0 aromatic heterocycles. The number of carbonyl (C=O) groups is 3. The van der Waals surface area contributed by atoms with Crippen LogP contribution in [0, 0.1) is 17.8 Å². The van der Waals surface area contributed by atoms with Crippen LogP contribution in [0.5, 0.6) is 0 Å². The lowest BCUT2D eigenvalue weighted by Crippen LogP contribution is -2.57. The summed E-state index contributed by atoms with van der Waals surface area (Å²) in [7, 11) is 1.71. The van der Waals surface area contributed by atoms with Crippen molar-refractivity contribution < 1.29 is 29.0 Å². The molecule has 4 aliphatic heterocycles. The topological polar surface area (TPSA) is 103 Å². The third kappa shape index (κ3) is 4.69. The number of hydrogen-bond donors (Lipinski definition) is 1. The number of likely N-dealkylation sites (tertiary alicyclic amines) is 1. The fourth-order valence-electron chi connectivity index (χ4n) is 7.10. The highest BCUT2D eigenvalue weighted by molar-refractivity contribution is 5.99. The quantitative estimate of drug-likeness (QED) is 0.363. The van der Waals surface area contributed by atoms with Gasteiger partial charge in [-0.1, -0.05) is 19.1 Å². The summed E-state index contributed by atoms with van der Waals surface area (Å²) in [6.45, 7) is 16.6. The molecule has 6 atom stereocenters. The van der Waals surface area contributed by atoms with Crippen molar-refractivity contribution >= 4 is 17.7 Å². The molecule has 4 saturated heterocycles. The van der Waals surface area contributed by atoms with Crippen molar-refractivity contribution in [3.05, 3.63) is 25.3 Å². The van der Waals surface area contributed by atoms with Gasteiger partial charge in [0.2, 0.25) is 17.7 Å². The lowest BCUT2D eigenvalue weighted by molar-refractivity contribution is -0.154. The van der Waals surface area contributed by atoms with Crippen LogP contribution in [0.15, 0.2) is 25.3 Å². The van der Waals surface area contributed by atoms with Crippen molar-refractivity contribution in [3.8, 4) is 0 Å². The lowest BCUT2D eigenvalue weighted by atomic mass is 9.62. The molecule has 4 fully saturated rings. The number of ether oxygens (including phenoxy) is 2. The smallest absolute Gasteiger partial charge is 0.248 e. The molecule has 0 aromatic carbocycles. The Bertz CT molecular complexity index is 938. The Balaban J connectivity index is 1.69. The highest BCUT2D eigenvalue weighted by atomic mass is 16.5. The standard InChI is InChI=1S/C28H44N4O6/c1-6-9-29(5)24(34)21-22-25(35)32(11-8-16-33)23(28(22)19-20(3)27(21,4)38-28)26(36)31(10-7-2)13-12-30-14-17-37-18-15-30/h6-7,20-23,33H,1-2,8-19H2,3-5H3/t20?,21-,22-,23?,27+,28?/m0/s1. The van der Waals surface area contributed by atoms with E-state index in [2.05, 4.69) is 18.1 Å². The van der Waals surface area contributed by atoms with Gasteiger partial charge in [-0.2, -0.15) is 0 Å². The summed E-state index contributed by atoms with van der Waals surface area (Å²) >= 11 is 0. The van der Waals surface area contributed by atoms with Crippen LogP contribution in [-0.2, 0) is 23.9 Å². The Hall–Kier alpha value is -2.27. The highest BCUT2D eigenvalue weighted by Gasteiger charge is 2.80. The van der Waals surface area contributed by atoms with Gasteiger partial charge in [-0.05, 0) is 25.7 Å². The monoisotopic (exact) mass is 532 g/mol. The van der Waals surface area contributed by atoms with E-state index in [-0.39, 0.29) is 36.8 Å². The second-order valence-electron chi connectivity index (χ2n) is 11.3. The number of likely N-dealkylation sites (N-methyl/N-ethyl adjacent to an activating group) is 1. The molecule has 1 spiro atoms. The number of nitrogens with zero attached hydrogens (tertiary/aromatic N) is 4. The van der Waals surface area contributed by atoms with Crippen molar-refractivity contribution in [2.45, 2.75) is 43.9 Å². The molecule has 10 nitrogen and oxygen atoms in total. The number of rotatable bonds is 12. The first-order chi connectivity index (χ1) is 18.2. The van der Waals surface area contributed by atoms with Crippen LogP contribution >= 0.6 is 0 Å². The Morgan fingerprint density at radius 2 is 1.84 bits per heavy atom. The molecular weight excluding hydrogens is 488 g/mol. The number of aliphatic hydroxyl groups is 1. The van der Waals surface area contributed by atoms with Gasteiger partial charge >= 0.3 is 0 Å². The summed E-state index contributed by atoms with van der Waals surface area (Å²) in [5.74, 6) is -2.04. The van der Waals surface area contributed by atoms with Crippen molar-refractivity contribution in [1.29, 1.82) is 0 Å². The van der Waals surface area contributed by atoms with Crippen LogP contribution in [0.1, 0.15) is 26.7 Å². The Labute approximate surface area is 226 Å². The van der Waals surface area contributed by atoms with Crippen molar-refractivity contribution in [2.24, 2.45) is 17.8 Å². The van der Waals surface area contributed by atoms with Crippen LogP contribution < -0.4 is 0 Å². The first-order valence-corrected chi connectivity index (χ1v) is 13.8. The van der Waals surface area contributed by atoms with Gasteiger partial charge in [0.05, 0.1) is 30.7 Å². The number of morpholine rings is 1. The minimum Gasteiger partial charge on any atom is -0.396 e. The first kappa shape index (κ1) is 28.7. The normalized spacial score (nSPS) is 34.3. The molecule has 0 radical (unpaired) electrons. The van der Waals surface area contributed by atoms with Crippen LogP contribution in [-0.4, -0.2) is 132 Å². The van der Waals surface area contributed by atoms with Gasteiger partial charge in [0.25, 0.3) is 0 Å². The van der Waals surface area contributed by atoms with E-state index >= 15 is 0 Å². The number of carbonyl (C=O) groups excluding carboxylic acids is 3. The average molecular weight is 533 g/mol. The van der Waals surface area contributed by atoms with E-state index in [1.807, 2.05) is 13.8 Å².